The van der Waals surface area contributed by atoms with Crippen molar-refractivity contribution in [2.75, 3.05) is 0 Å². The van der Waals surface area contributed by atoms with Crippen molar-refractivity contribution in [3.8, 4) is 0 Å². The van der Waals surface area contributed by atoms with Gasteiger partial charge in [-0.05, 0) is 36.8 Å². The zero-order valence-electron chi connectivity index (χ0n) is 11.7. The minimum atomic E-state index is -1.02. The topological polar surface area (TPSA) is 22.0 Å². The van der Waals surface area contributed by atoms with Gasteiger partial charge in [0.1, 0.15) is 0 Å². The van der Waals surface area contributed by atoms with Gasteiger partial charge < -0.3 is 4.57 Å². The van der Waals surface area contributed by atoms with Gasteiger partial charge >= 0.3 is 0 Å². The number of hydrogen-bond acceptors (Lipinski definition) is 1. The van der Waals surface area contributed by atoms with Gasteiger partial charge in [0.2, 0.25) is 0 Å². The van der Waals surface area contributed by atoms with Crippen molar-refractivity contribution in [3.05, 3.63) is 70.9 Å². The van der Waals surface area contributed by atoms with Gasteiger partial charge in [0.25, 0.3) is 0 Å². The second-order valence-electron chi connectivity index (χ2n) is 5.13. The number of fused-ring (bicyclic) bond motifs is 1. The van der Waals surface area contributed by atoms with Crippen LogP contribution in [0.5, 0.6) is 0 Å². The molecule has 0 saturated carbocycles. The predicted octanol–water partition coefficient (Wildman–Crippen LogP) is 4.00. The summed E-state index contributed by atoms with van der Waals surface area (Å²) in [6.45, 7) is 1.98. The first kappa shape index (κ1) is 13.5. The molecule has 0 N–H and O–H groups in total. The third kappa shape index (κ3) is 2.23. The van der Waals surface area contributed by atoms with Crippen LogP contribution in [-0.4, -0.2) is 10.4 Å². The fourth-order valence-electron chi connectivity index (χ4n) is 2.47. The molecule has 0 unspecified atom stereocenters. The lowest BCUT2D eigenvalue weighted by atomic mass is 10.0. The lowest BCUT2D eigenvalue weighted by Crippen LogP contribution is -2.02. The van der Waals surface area contributed by atoms with Crippen molar-refractivity contribution < 1.29 is 13.6 Å². The van der Waals surface area contributed by atoms with Gasteiger partial charge in [-0.3, -0.25) is 4.79 Å². The zero-order valence-corrected chi connectivity index (χ0v) is 11.7. The van der Waals surface area contributed by atoms with E-state index in [1.807, 2.05) is 36.7 Å². The molecule has 0 saturated heterocycles. The Morgan fingerprint density at radius 2 is 1.81 bits per heavy atom. The molecule has 21 heavy (non-hydrogen) atoms. The summed E-state index contributed by atoms with van der Waals surface area (Å²) in [5, 5.41) is 0.804. The Kier molecular flexibility index (Phi) is 3.09. The molecular formula is C17H13F2NO. The minimum absolute atomic E-state index is 0.141. The highest BCUT2D eigenvalue weighted by Crippen LogP contribution is 2.24. The van der Waals surface area contributed by atoms with E-state index in [-0.39, 0.29) is 11.3 Å². The third-order valence-electron chi connectivity index (χ3n) is 3.57. The van der Waals surface area contributed by atoms with Crippen LogP contribution in [0.4, 0.5) is 8.78 Å². The molecule has 3 rings (SSSR count). The number of aromatic nitrogens is 1. The summed E-state index contributed by atoms with van der Waals surface area (Å²) in [5.41, 5.74) is 2.65. The summed E-state index contributed by atoms with van der Waals surface area (Å²) < 4.78 is 28.1. The van der Waals surface area contributed by atoms with Gasteiger partial charge in [-0.1, -0.05) is 12.1 Å². The summed E-state index contributed by atoms with van der Waals surface area (Å²) in [7, 11) is 1.85. The van der Waals surface area contributed by atoms with Crippen molar-refractivity contribution in [3.63, 3.8) is 0 Å². The number of hydrogen-bond donors (Lipinski definition) is 0. The molecule has 3 aromatic rings. The van der Waals surface area contributed by atoms with Crippen molar-refractivity contribution in [2.45, 2.75) is 6.92 Å². The number of aryl methyl sites for hydroxylation is 2. The molecule has 0 radical (unpaired) electrons. The molecule has 4 heteroatoms. The number of nitrogens with zero attached hydrogens (tertiary/aromatic N) is 1. The number of ketones is 1. The van der Waals surface area contributed by atoms with Crippen LogP contribution in [0.2, 0.25) is 0 Å². The molecule has 106 valence electrons. The van der Waals surface area contributed by atoms with E-state index < -0.39 is 11.6 Å². The SMILES string of the molecule is Cc1ccc2c(C(=O)c3ccc(F)c(F)c3)cn(C)c2c1. The van der Waals surface area contributed by atoms with Crippen LogP contribution in [-0.2, 0) is 7.05 Å². The number of halogens is 2. The Bertz CT molecular complexity index is 865. The van der Waals surface area contributed by atoms with Crippen molar-refractivity contribution in [1.82, 2.24) is 4.57 Å². The third-order valence-corrected chi connectivity index (χ3v) is 3.57. The van der Waals surface area contributed by atoms with Gasteiger partial charge in [0, 0.05) is 35.3 Å². The molecule has 0 amide bonds. The average Bonchev–Trinajstić information content (AvgIpc) is 2.78. The standard InChI is InChI=1S/C17H13F2NO/c1-10-3-5-12-13(9-20(2)16(12)7-10)17(21)11-4-6-14(18)15(19)8-11/h3-9H,1-2H3. The second-order valence-corrected chi connectivity index (χ2v) is 5.13. The van der Waals surface area contributed by atoms with Gasteiger partial charge in [0.05, 0.1) is 0 Å². The summed E-state index contributed by atoms with van der Waals surface area (Å²) >= 11 is 0. The Balaban J connectivity index is 2.15. The van der Waals surface area contributed by atoms with Crippen LogP contribution in [0.25, 0.3) is 10.9 Å². The first-order chi connectivity index (χ1) is 9.97. The van der Waals surface area contributed by atoms with Gasteiger partial charge in [-0.2, -0.15) is 0 Å². The van der Waals surface area contributed by atoms with E-state index in [1.54, 1.807) is 6.20 Å². The molecule has 2 nitrogen and oxygen atoms in total. The Morgan fingerprint density at radius 3 is 2.52 bits per heavy atom. The maximum atomic E-state index is 13.3. The molecule has 0 fully saturated rings. The number of carbonyl (C=O) groups is 1. The van der Waals surface area contributed by atoms with Crippen LogP contribution in [0.3, 0.4) is 0 Å². The second kappa shape index (κ2) is 4.81. The first-order valence-electron chi connectivity index (χ1n) is 6.53. The molecule has 0 aliphatic carbocycles. The smallest absolute Gasteiger partial charge is 0.195 e. The summed E-state index contributed by atoms with van der Waals surface area (Å²) in [5.74, 6) is -2.29. The van der Waals surface area contributed by atoms with E-state index in [1.165, 1.54) is 6.07 Å². The van der Waals surface area contributed by atoms with Gasteiger partial charge in [0.15, 0.2) is 17.4 Å². The monoisotopic (exact) mass is 285 g/mol. The first-order valence-corrected chi connectivity index (χ1v) is 6.53. The van der Waals surface area contributed by atoms with Crippen LogP contribution < -0.4 is 0 Å². The average molecular weight is 285 g/mol. The fraction of sp³-hybridized carbons (Fsp3) is 0.118. The van der Waals surface area contributed by atoms with Crippen molar-refractivity contribution >= 4 is 16.7 Å². The molecule has 0 bridgehead atoms. The molecule has 0 spiro atoms. The van der Waals surface area contributed by atoms with Crippen LogP contribution in [0, 0.1) is 18.6 Å². The largest absolute Gasteiger partial charge is 0.350 e. The number of rotatable bonds is 2. The highest BCUT2D eigenvalue weighted by molar-refractivity contribution is 6.16. The normalized spacial score (nSPS) is 11.0. The summed E-state index contributed by atoms with van der Waals surface area (Å²) in [4.78, 5) is 12.5. The quantitative estimate of drug-likeness (QED) is 0.652. The van der Waals surface area contributed by atoms with E-state index in [9.17, 15) is 13.6 Å². The van der Waals surface area contributed by atoms with Crippen LogP contribution in [0.1, 0.15) is 21.5 Å². The molecule has 0 aliphatic heterocycles. The lowest BCUT2D eigenvalue weighted by molar-refractivity contribution is 0.103. The van der Waals surface area contributed by atoms with E-state index in [4.69, 9.17) is 0 Å². The summed E-state index contributed by atoms with van der Waals surface area (Å²) in [6.07, 6.45) is 1.72. The van der Waals surface area contributed by atoms with Crippen molar-refractivity contribution in [1.29, 1.82) is 0 Å². The number of benzene rings is 2. The maximum Gasteiger partial charge on any atom is 0.195 e. The van der Waals surface area contributed by atoms with Crippen LogP contribution >= 0.6 is 0 Å². The molecule has 1 aromatic heterocycles. The molecule has 0 atom stereocenters. The van der Waals surface area contributed by atoms with E-state index in [0.717, 1.165) is 28.6 Å². The molecule has 1 heterocycles. The Hall–Kier alpha value is -2.49. The van der Waals surface area contributed by atoms with Crippen LogP contribution in [0.15, 0.2) is 42.6 Å². The van der Waals surface area contributed by atoms with E-state index in [2.05, 4.69) is 0 Å². The van der Waals surface area contributed by atoms with E-state index in [0.29, 0.717) is 5.56 Å². The molecular weight excluding hydrogens is 272 g/mol. The Morgan fingerprint density at radius 1 is 1.05 bits per heavy atom. The minimum Gasteiger partial charge on any atom is -0.350 e. The number of carbonyl (C=O) groups excluding carboxylic acids is 1. The van der Waals surface area contributed by atoms with Crippen molar-refractivity contribution in [2.24, 2.45) is 7.05 Å². The Labute approximate surface area is 120 Å². The van der Waals surface area contributed by atoms with Gasteiger partial charge in [-0.25, -0.2) is 8.78 Å². The van der Waals surface area contributed by atoms with E-state index >= 15 is 0 Å². The zero-order chi connectivity index (χ0) is 15.1. The summed E-state index contributed by atoms with van der Waals surface area (Å²) in [6, 6.07) is 8.98. The lowest BCUT2D eigenvalue weighted by Gasteiger charge is -2.01. The highest BCUT2D eigenvalue weighted by atomic mass is 19.2. The highest BCUT2D eigenvalue weighted by Gasteiger charge is 2.17. The predicted molar refractivity (Wildman–Crippen MR) is 77.4 cm³/mol. The van der Waals surface area contributed by atoms with Gasteiger partial charge in [-0.15, -0.1) is 0 Å². The maximum absolute atomic E-state index is 13.3. The molecule has 0 aliphatic rings. The fourth-order valence-corrected chi connectivity index (χ4v) is 2.47. The molecule has 2 aromatic carbocycles.